The number of nitrogens with zero attached hydrogens (tertiary/aromatic N) is 4. The minimum Gasteiger partial charge on any atom is -0.280 e. The maximum Gasteiger partial charge on any atom is 0.332 e. The van der Waals surface area contributed by atoms with Crippen molar-refractivity contribution in [2.24, 2.45) is 14.1 Å². The lowest BCUT2D eigenvalue weighted by Gasteiger charge is -2.29. The van der Waals surface area contributed by atoms with Crippen molar-refractivity contribution in [1.82, 2.24) is 9.13 Å². The van der Waals surface area contributed by atoms with Gasteiger partial charge in [0.1, 0.15) is 6.07 Å². The van der Waals surface area contributed by atoms with Crippen LogP contribution in [0.2, 0.25) is 0 Å². The van der Waals surface area contributed by atoms with E-state index in [0.29, 0.717) is 13.2 Å². The lowest BCUT2D eigenvalue weighted by atomic mass is 10.2. The van der Waals surface area contributed by atoms with E-state index >= 15 is 0 Å². The maximum atomic E-state index is 11.9. The Labute approximate surface area is 103 Å². The molecule has 18 heavy (non-hydrogen) atoms. The number of hydrogen-bond acceptors (Lipinski definition) is 5. The molecule has 1 aromatic rings. The van der Waals surface area contributed by atoms with Gasteiger partial charge in [-0.2, -0.15) is 5.26 Å². The van der Waals surface area contributed by atoms with Crippen LogP contribution in [-0.2, 0) is 18.9 Å². The molecule has 1 saturated heterocycles. The fourth-order valence-electron chi connectivity index (χ4n) is 1.99. The lowest BCUT2D eigenvalue weighted by Crippen LogP contribution is -2.43. The maximum absolute atomic E-state index is 11.9. The highest BCUT2D eigenvalue weighted by Crippen LogP contribution is 2.18. The summed E-state index contributed by atoms with van der Waals surface area (Å²) < 4.78 is 2.19. The van der Waals surface area contributed by atoms with Gasteiger partial charge in [0.15, 0.2) is 11.4 Å². The smallest absolute Gasteiger partial charge is 0.280 e. The van der Waals surface area contributed by atoms with Crippen LogP contribution in [-0.4, -0.2) is 22.3 Å². The molecule has 2 rings (SSSR count). The van der Waals surface area contributed by atoms with Crippen LogP contribution in [0.4, 0.5) is 5.82 Å². The molecule has 1 aliphatic rings. The fraction of sp³-hybridized carbons (Fsp3) is 0.545. The molecule has 0 aromatic carbocycles. The number of rotatable bonds is 1. The molecule has 1 aromatic heterocycles. The Morgan fingerprint density at radius 2 is 1.94 bits per heavy atom. The summed E-state index contributed by atoms with van der Waals surface area (Å²) in [6, 6.07) is 1.86. The minimum absolute atomic E-state index is 0.0681. The highest BCUT2D eigenvalue weighted by atomic mass is 16.7. The molecular formula is C11H14N4O3. The van der Waals surface area contributed by atoms with Crippen LogP contribution < -0.4 is 16.3 Å². The van der Waals surface area contributed by atoms with Crippen LogP contribution in [0.25, 0.3) is 0 Å². The molecule has 1 aliphatic heterocycles. The first-order valence-corrected chi connectivity index (χ1v) is 5.68. The van der Waals surface area contributed by atoms with E-state index in [1.54, 1.807) is 0 Å². The second kappa shape index (κ2) is 4.66. The molecule has 1 fully saturated rings. The van der Waals surface area contributed by atoms with Gasteiger partial charge in [-0.3, -0.25) is 18.8 Å². The van der Waals surface area contributed by atoms with Gasteiger partial charge < -0.3 is 0 Å². The van der Waals surface area contributed by atoms with Crippen molar-refractivity contribution >= 4 is 5.82 Å². The van der Waals surface area contributed by atoms with Crippen LogP contribution in [0, 0.1) is 11.3 Å². The van der Waals surface area contributed by atoms with Gasteiger partial charge >= 0.3 is 5.69 Å². The van der Waals surface area contributed by atoms with Gasteiger partial charge in [-0.15, -0.1) is 0 Å². The van der Waals surface area contributed by atoms with Crippen molar-refractivity contribution in [3.05, 3.63) is 26.4 Å². The molecular weight excluding hydrogens is 236 g/mol. The molecule has 0 amide bonds. The van der Waals surface area contributed by atoms with Crippen LogP contribution in [0.3, 0.4) is 0 Å². The number of hydrogen-bond donors (Lipinski definition) is 0. The first kappa shape index (κ1) is 12.4. The Bertz CT molecular complexity index is 617. The summed E-state index contributed by atoms with van der Waals surface area (Å²) in [6.45, 7) is 1.09. The zero-order chi connectivity index (χ0) is 13.3. The third-order valence-electron chi connectivity index (χ3n) is 2.98. The molecule has 7 nitrogen and oxygen atoms in total. The van der Waals surface area contributed by atoms with Crippen LogP contribution in [0.1, 0.15) is 18.4 Å². The van der Waals surface area contributed by atoms with Crippen molar-refractivity contribution in [3.8, 4) is 6.07 Å². The number of aromatic nitrogens is 2. The first-order chi connectivity index (χ1) is 8.57. The molecule has 0 N–H and O–H groups in total. The fourth-order valence-corrected chi connectivity index (χ4v) is 1.99. The summed E-state index contributed by atoms with van der Waals surface area (Å²) in [5, 5.41) is 10.6. The Balaban J connectivity index is 2.69. The molecule has 0 spiro atoms. The molecule has 0 radical (unpaired) electrons. The van der Waals surface area contributed by atoms with Crippen LogP contribution in [0.15, 0.2) is 9.59 Å². The Morgan fingerprint density at radius 1 is 1.22 bits per heavy atom. The van der Waals surface area contributed by atoms with Gasteiger partial charge in [0.05, 0.1) is 6.61 Å². The zero-order valence-electron chi connectivity index (χ0n) is 10.3. The number of anilines is 1. The summed E-state index contributed by atoms with van der Waals surface area (Å²) in [6.07, 6.45) is 1.82. The topological polar surface area (TPSA) is 80.3 Å². The minimum atomic E-state index is -0.593. The Kier molecular flexibility index (Phi) is 3.21. The molecule has 96 valence electrons. The van der Waals surface area contributed by atoms with Gasteiger partial charge in [0.2, 0.25) is 0 Å². The quantitative estimate of drug-likeness (QED) is 0.670. The van der Waals surface area contributed by atoms with Gasteiger partial charge in [-0.1, -0.05) is 0 Å². The zero-order valence-corrected chi connectivity index (χ0v) is 10.3. The standard InChI is InChI=1S/C11H14N4O3/c1-13-9(15-5-3-4-6-18-15)8(7-12)10(16)14(2)11(13)17/h3-6H2,1-2H3. The van der Waals surface area contributed by atoms with Crippen molar-refractivity contribution in [2.45, 2.75) is 12.8 Å². The summed E-state index contributed by atoms with van der Waals surface area (Å²) in [5.74, 6) is 0.241. The van der Waals surface area contributed by atoms with E-state index in [2.05, 4.69) is 0 Å². The Hall–Kier alpha value is -2.07. The lowest BCUT2D eigenvalue weighted by molar-refractivity contribution is 0.0742. The van der Waals surface area contributed by atoms with Crippen molar-refractivity contribution in [3.63, 3.8) is 0 Å². The van der Waals surface area contributed by atoms with Crippen LogP contribution in [0.5, 0.6) is 0 Å². The number of hydroxylamine groups is 1. The normalized spacial score (nSPS) is 15.5. The Morgan fingerprint density at radius 3 is 2.50 bits per heavy atom. The third-order valence-corrected chi connectivity index (χ3v) is 2.98. The SMILES string of the molecule is Cn1c(N2CCCCO2)c(C#N)c(=O)n(C)c1=O. The van der Waals surface area contributed by atoms with Crippen molar-refractivity contribution < 1.29 is 4.84 Å². The average Bonchev–Trinajstić information content (AvgIpc) is 2.41. The van der Waals surface area contributed by atoms with E-state index in [9.17, 15) is 9.59 Å². The second-order valence-electron chi connectivity index (χ2n) is 4.16. The number of nitriles is 1. The van der Waals surface area contributed by atoms with E-state index in [1.165, 1.54) is 23.7 Å². The first-order valence-electron chi connectivity index (χ1n) is 5.68. The third kappa shape index (κ3) is 1.80. The van der Waals surface area contributed by atoms with Gasteiger partial charge in [-0.25, -0.2) is 9.86 Å². The summed E-state index contributed by atoms with van der Waals surface area (Å²) in [7, 11) is 2.88. The predicted octanol–water partition coefficient (Wildman–Crippen LogP) is -0.513. The van der Waals surface area contributed by atoms with Crippen molar-refractivity contribution in [1.29, 1.82) is 5.26 Å². The van der Waals surface area contributed by atoms with Gasteiger partial charge in [-0.05, 0) is 12.8 Å². The van der Waals surface area contributed by atoms with E-state index in [-0.39, 0.29) is 11.4 Å². The molecule has 0 atom stereocenters. The summed E-state index contributed by atoms with van der Waals surface area (Å²) >= 11 is 0. The van der Waals surface area contributed by atoms with Gasteiger partial charge in [0, 0.05) is 20.6 Å². The molecule has 0 aliphatic carbocycles. The summed E-state index contributed by atoms with van der Waals surface area (Å²) in [4.78, 5) is 29.1. The van der Waals surface area contributed by atoms with Gasteiger partial charge in [0.25, 0.3) is 5.56 Å². The van der Waals surface area contributed by atoms with E-state index < -0.39 is 11.2 Å². The highest BCUT2D eigenvalue weighted by Gasteiger charge is 2.23. The monoisotopic (exact) mass is 250 g/mol. The molecule has 7 heteroatoms. The highest BCUT2D eigenvalue weighted by molar-refractivity contribution is 5.51. The second-order valence-corrected chi connectivity index (χ2v) is 4.16. The molecule has 0 saturated carbocycles. The van der Waals surface area contributed by atoms with E-state index in [1.807, 2.05) is 6.07 Å². The average molecular weight is 250 g/mol. The molecule has 0 bridgehead atoms. The molecule has 0 unspecified atom stereocenters. The van der Waals surface area contributed by atoms with Crippen LogP contribution >= 0.6 is 0 Å². The molecule has 2 heterocycles. The van der Waals surface area contributed by atoms with Crippen molar-refractivity contribution in [2.75, 3.05) is 18.2 Å². The predicted molar refractivity (Wildman–Crippen MR) is 64.2 cm³/mol. The summed E-state index contributed by atoms with van der Waals surface area (Å²) in [5.41, 5.74) is -1.13. The van der Waals surface area contributed by atoms with E-state index in [4.69, 9.17) is 10.1 Å². The largest absolute Gasteiger partial charge is 0.332 e. The van der Waals surface area contributed by atoms with E-state index in [0.717, 1.165) is 17.4 Å².